The number of hydrogen-bond donors (Lipinski definition) is 2. The highest BCUT2D eigenvalue weighted by molar-refractivity contribution is 7.99. The fourth-order valence-corrected chi connectivity index (χ4v) is 3.39. The molecule has 1 aromatic heterocycles. The van der Waals surface area contributed by atoms with Crippen molar-refractivity contribution in [1.82, 2.24) is 9.97 Å². The molecule has 7 nitrogen and oxygen atoms in total. The van der Waals surface area contributed by atoms with Gasteiger partial charge in [0.15, 0.2) is 0 Å². The predicted octanol–water partition coefficient (Wildman–Crippen LogP) is 1.97. The van der Waals surface area contributed by atoms with E-state index >= 15 is 0 Å². The van der Waals surface area contributed by atoms with Crippen LogP contribution >= 0.6 is 11.8 Å². The minimum atomic E-state index is -0.458. The third kappa shape index (κ3) is 2.89. The van der Waals surface area contributed by atoms with Crippen LogP contribution in [-0.4, -0.2) is 32.4 Å². The van der Waals surface area contributed by atoms with Gasteiger partial charge in [-0.1, -0.05) is 6.42 Å². The number of nitrogens with two attached hydrogens (primary N) is 1. The standard InChI is InChI=1S/C11H17N5O2S/c1-6-9(16(17)18)10(15-11(12)13-6)14-7-4-3-5-8(7)19-2/h7-8H,3-5H2,1-2H3,(H3,12,13,14,15). The summed E-state index contributed by atoms with van der Waals surface area (Å²) in [6, 6.07) is 0.197. The van der Waals surface area contributed by atoms with Crippen LogP contribution in [0, 0.1) is 17.0 Å². The third-order valence-electron chi connectivity index (χ3n) is 3.34. The molecule has 0 radical (unpaired) electrons. The van der Waals surface area contributed by atoms with E-state index in [-0.39, 0.29) is 23.5 Å². The Morgan fingerprint density at radius 2 is 2.21 bits per heavy atom. The van der Waals surface area contributed by atoms with Crippen molar-refractivity contribution in [3.63, 3.8) is 0 Å². The Kier molecular flexibility index (Phi) is 4.08. The highest BCUT2D eigenvalue weighted by atomic mass is 32.2. The summed E-state index contributed by atoms with van der Waals surface area (Å²) in [7, 11) is 0. The second-order valence-electron chi connectivity index (χ2n) is 4.58. The summed E-state index contributed by atoms with van der Waals surface area (Å²) in [6.45, 7) is 1.57. The van der Waals surface area contributed by atoms with Gasteiger partial charge in [0.05, 0.1) is 4.92 Å². The van der Waals surface area contributed by atoms with Crippen LogP contribution in [0.2, 0.25) is 0 Å². The van der Waals surface area contributed by atoms with Crippen LogP contribution in [0.1, 0.15) is 25.0 Å². The summed E-state index contributed by atoms with van der Waals surface area (Å²) in [4.78, 5) is 18.5. The summed E-state index contributed by atoms with van der Waals surface area (Å²) in [5.74, 6) is 0.297. The number of aromatic nitrogens is 2. The second kappa shape index (κ2) is 5.60. The van der Waals surface area contributed by atoms with Crippen molar-refractivity contribution in [2.75, 3.05) is 17.3 Å². The molecule has 1 aliphatic carbocycles. The average Bonchev–Trinajstić information content (AvgIpc) is 2.74. The molecule has 1 aromatic rings. The second-order valence-corrected chi connectivity index (χ2v) is 5.65. The van der Waals surface area contributed by atoms with E-state index < -0.39 is 4.92 Å². The van der Waals surface area contributed by atoms with Gasteiger partial charge in [-0.25, -0.2) is 4.98 Å². The van der Waals surface area contributed by atoms with Crippen molar-refractivity contribution in [3.05, 3.63) is 15.8 Å². The van der Waals surface area contributed by atoms with E-state index in [4.69, 9.17) is 5.73 Å². The van der Waals surface area contributed by atoms with E-state index in [0.29, 0.717) is 10.9 Å². The fourth-order valence-electron chi connectivity index (χ4n) is 2.46. The van der Waals surface area contributed by atoms with Gasteiger partial charge in [-0.3, -0.25) is 10.1 Å². The van der Waals surface area contributed by atoms with Gasteiger partial charge in [-0.2, -0.15) is 16.7 Å². The summed E-state index contributed by atoms with van der Waals surface area (Å²) < 4.78 is 0. The number of aryl methyl sites for hydroxylation is 1. The molecule has 1 aliphatic rings. The number of rotatable bonds is 4. The largest absolute Gasteiger partial charge is 0.368 e. The molecule has 1 saturated carbocycles. The Hall–Kier alpha value is -1.57. The normalized spacial score (nSPS) is 22.4. The molecule has 1 heterocycles. The molecule has 19 heavy (non-hydrogen) atoms. The summed E-state index contributed by atoms with van der Waals surface area (Å²) in [5, 5.41) is 14.8. The molecule has 2 unspecified atom stereocenters. The molecule has 104 valence electrons. The van der Waals surface area contributed by atoms with Gasteiger partial charge in [0.1, 0.15) is 5.69 Å². The lowest BCUT2D eigenvalue weighted by Gasteiger charge is -2.19. The van der Waals surface area contributed by atoms with Crippen LogP contribution in [0.4, 0.5) is 17.5 Å². The summed E-state index contributed by atoms with van der Waals surface area (Å²) >= 11 is 1.78. The first-order valence-electron chi connectivity index (χ1n) is 6.10. The van der Waals surface area contributed by atoms with Gasteiger partial charge in [0, 0.05) is 11.3 Å². The Balaban J connectivity index is 2.31. The van der Waals surface area contributed by atoms with Gasteiger partial charge < -0.3 is 11.1 Å². The molecule has 0 spiro atoms. The van der Waals surface area contributed by atoms with E-state index in [9.17, 15) is 10.1 Å². The van der Waals surface area contributed by atoms with E-state index in [2.05, 4.69) is 21.5 Å². The fraction of sp³-hybridized carbons (Fsp3) is 0.636. The molecule has 1 fully saturated rings. The SMILES string of the molecule is CSC1CCCC1Nc1nc(N)nc(C)c1[N+](=O)[O-]. The lowest BCUT2D eigenvalue weighted by atomic mass is 10.2. The van der Waals surface area contributed by atoms with E-state index in [1.165, 1.54) is 0 Å². The van der Waals surface area contributed by atoms with Crippen molar-refractivity contribution in [3.8, 4) is 0 Å². The number of hydrogen-bond acceptors (Lipinski definition) is 7. The lowest BCUT2D eigenvalue weighted by Crippen LogP contribution is -2.27. The number of nitrogens with one attached hydrogen (secondary N) is 1. The quantitative estimate of drug-likeness (QED) is 0.642. The van der Waals surface area contributed by atoms with Crippen LogP contribution in [0.3, 0.4) is 0 Å². The molecule has 0 aliphatic heterocycles. The zero-order valence-corrected chi connectivity index (χ0v) is 11.7. The molecule has 0 amide bonds. The van der Waals surface area contributed by atoms with Crippen LogP contribution in [0.15, 0.2) is 0 Å². The Bertz CT molecular complexity index is 496. The van der Waals surface area contributed by atoms with Gasteiger partial charge in [0.2, 0.25) is 11.8 Å². The van der Waals surface area contributed by atoms with Crippen molar-refractivity contribution in [2.24, 2.45) is 0 Å². The summed E-state index contributed by atoms with van der Waals surface area (Å²) in [5.41, 5.74) is 5.79. The average molecular weight is 283 g/mol. The Morgan fingerprint density at radius 3 is 2.84 bits per heavy atom. The monoisotopic (exact) mass is 283 g/mol. The lowest BCUT2D eigenvalue weighted by molar-refractivity contribution is -0.385. The van der Waals surface area contributed by atoms with Gasteiger partial charge in [-0.15, -0.1) is 0 Å². The topological polar surface area (TPSA) is 107 Å². The molecule has 8 heteroatoms. The number of nitro groups is 1. The molecular weight excluding hydrogens is 266 g/mol. The van der Waals surface area contributed by atoms with Crippen LogP contribution in [-0.2, 0) is 0 Å². The zero-order chi connectivity index (χ0) is 14.0. The van der Waals surface area contributed by atoms with Crippen molar-refractivity contribution >= 4 is 29.2 Å². The molecule has 0 saturated heterocycles. The minimum absolute atomic E-state index is 0.0595. The molecule has 0 aromatic carbocycles. The molecule has 2 atom stereocenters. The molecule has 0 bridgehead atoms. The van der Waals surface area contributed by atoms with Crippen molar-refractivity contribution in [1.29, 1.82) is 0 Å². The molecule has 2 rings (SSSR count). The number of nitrogen functional groups attached to an aromatic ring is 1. The highest BCUT2D eigenvalue weighted by Gasteiger charge is 2.30. The van der Waals surface area contributed by atoms with E-state index in [0.717, 1.165) is 19.3 Å². The smallest absolute Gasteiger partial charge is 0.332 e. The first-order valence-corrected chi connectivity index (χ1v) is 7.39. The Labute approximate surface area is 115 Å². The highest BCUT2D eigenvalue weighted by Crippen LogP contribution is 2.33. The number of nitrogens with zero attached hydrogens (tertiary/aromatic N) is 3. The van der Waals surface area contributed by atoms with Gasteiger partial charge in [0.25, 0.3) is 0 Å². The maximum atomic E-state index is 11.1. The van der Waals surface area contributed by atoms with E-state index in [1.807, 2.05) is 0 Å². The third-order valence-corrected chi connectivity index (χ3v) is 4.51. The van der Waals surface area contributed by atoms with Gasteiger partial charge in [-0.05, 0) is 26.0 Å². The molecular formula is C11H17N5O2S. The predicted molar refractivity (Wildman–Crippen MR) is 76.4 cm³/mol. The maximum Gasteiger partial charge on any atom is 0.332 e. The maximum absolute atomic E-state index is 11.1. The van der Waals surface area contributed by atoms with Crippen LogP contribution < -0.4 is 11.1 Å². The minimum Gasteiger partial charge on any atom is -0.368 e. The van der Waals surface area contributed by atoms with Crippen molar-refractivity contribution < 1.29 is 4.92 Å². The summed E-state index contributed by atoms with van der Waals surface area (Å²) in [6.07, 6.45) is 5.28. The first kappa shape index (κ1) is 13.9. The van der Waals surface area contributed by atoms with Crippen molar-refractivity contribution in [2.45, 2.75) is 37.5 Å². The first-order chi connectivity index (χ1) is 9.02. The molecule has 3 N–H and O–H groups in total. The van der Waals surface area contributed by atoms with E-state index in [1.54, 1.807) is 18.7 Å². The van der Waals surface area contributed by atoms with Crippen LogP contribution in [0.5, 0.6) is 0 Å². The number of anilines is 2. The number of thioether (sulfide) groups is 1. The zero-order valence-electron chi connectivity index (χ0n) is 10.9. The van der Waals surface area contributed by atoms with Gasteiger partial charge >= 0.3 is 5.69 Å². The Morgan fingerprint density at radius 1 is 1.47 bits per heavy atom. The van der Waals surface area contributed by atoms with Crippen LogP contribution in [0.25, 0.3) is 0 Å².